The van der Waals surface area contributed by atoms with Crippen LogP contribution in [-0.4, -0.2) is 22.5 Å². The maximum Gasteiger partial charge on any atom is 0.348 e. The molecule has 1 amide bonds. The number of rotatable bonds is 3. The van der Waals surface area contributed by atoms with Gasteiger partial charge in [-0.3, -0.25) is 9.36 Å². The fraction of sp³-hybridized carbons (Fsp3) is 0.154. The van der Waals surface area contributed by atoms with Crippen LogP contribution in [0.2, 0.25) is 5.02 Å². The minimum absolute atomic E-state index is 0.132. The number of halogens is 1. The van der Waals surface area contributed by atoms with E-state index in [4.69, 9.17) is 17.3 Å². The van der Waals surface area contributed by atoms with Crippen LogP contribution < -0.4 is 16.3 Å². The first kappa shape index (κ1) is 14.1. The van der Waals surface area contributed by atoms with Gasteiger partial charge in [0, 0.05) is 24.6 Å². The second-order valence-corrected chi connectivity index (χ2v) is 4.66. The third kappa shape index (κ3) is 3.16. The normalized spacial score (nSPS) is 10.3. The van der Waals surface area contributed by atoms with Crippen molar-refractivity contribution in [2.45, 2.75) is 6.54 Å². The summed E-state index contributed by atoms with van der Waals surface area (Å²) in [5.74, 6) is -0.263. The van der Waals surface area contributed by atoms with Crippen molar-refractivity contribution in [2.75, 3.05) is 17.7 Å². The molecular weight excluding hydrogens is 280 g/mol. The molecule has 0 radical (unpaired) electrons. The van der Waals surface area contributed by atoms with E-state index in [0.29, 0.717) is 16.4 Å². The smallest absolute Gasteiger partial charge is 0.348 e. The Morgan fingerprint density at radius 1 is 1.40 bits per heavy atom. The number of likely N-dealkylation sites (N-methyl/N-ethyl adjacent to an activating group) is 1. The summed E-state index contributed by atoms with van der Waals surface area (Å²) in [5, 5.41) is 0.299. The van der Waals surface area contributed by atoms with Crippen molar-refractivity contribution in [1.29, 1.82) is 0 Å². The molecule has 1 aromatic carbocycles. The predicted molar refractivity (Wildman–Crippen MR) is 77.8 cm³/mol. The minimum atomic E-state index is -0.520. The number of aromatic nitrogens is 2. The molecule has 1 heterocycles. The van der Waals surface area contributed by atoms with E-state index in [1.54, 1.807) is 31.3 Å². The first-order chi connectivity index (χ1) is 9.47. The van der Waals surface area contributed by atoms with Crippen LogP contribution in [0.15, 0.2) is 41.5 Å². The van der Waals surface area contributed by atoms with Gasteiger partial charge in [-0.25, -0.2) is 9.78 Å². The summed E-state index contributed by atoms with van der Waals surface area (Å²) in [6, 6.07) is 6.86. The highest BCUT2D eigenvalue weighted by atomic mass is 35.5. The van der Waals surface area contributed by atoms with E-state index in [2.05, 4.69) is 4.98 Å². The van der Waals surface area contributed by atoms with E-state index in [9.17, 15) is 9.59 Å². The van der Waals surface area contributed by atoms with Crippen LogP contribution in [0.4, 0.5) is 11.4 Å². The van der Waals surface area contributed by atoms with Gasteiger partial charge >= 0.3 is 5.69 Å². The molecule has 0 bridgehead atoms. The van der Waals surface area contributed by atoms with Crippen LogP contribution in [0, 0.1) is 0 Å². The Hall–Kier alpha value is -2.34. The summed E-state index contributed by atoms with van der Waals surface area (Å²) in [6.45, 7) is -0.132. The number of hydrogen-bond acceptors (Lipinski definition) is 4. The van der Waals surface area contributed by atoms with Crippen LogP contribution in [-0.2, 0) is 11.3 Å². The van der Waals surface area contributed by atoms with Crippen molar-refractivity contribution in [3.63, 3.8) is 0 Å². The molecule has 6 nitrogen and oxygen atoms in total. The number of nitrogen functional groups attached to an aromatic ring is 1. The first-order valence-electron chi connectivity index (χ1n) is 5.81. The zero-order chi connectivity index (χ0) is 14.7. The van der Waals surface area contributed by atoms with Gasteiger partial charge in [-0.05, 0) is 24.3 Å². The Morgan fingerprint density at radius 3 is 2.70 bits per heavy atom. The SMILES string of the molecule is CN(C(=O)Cn1cc(Cl)cnc1=O)c1ccc(N)cc1. The van der Waals surface area contributed by atoms with Gasteiger partial charge < -0.3 is 10.6 Å². The second-order valence-electron chi connectivity index (χ2n) is 4.23. The lowest BCUT2D eigenvalue weighted by atomic mass is 10.2. The topological polar surface area (TPSA) is 81.2 Å². The molecule has 0 aliphatic carbocycles. The number of nitrogens with zero attached hydrogens (tertiary/aromatic N) is 3. The quantitative estimate of drug-likeness (QED) is 0.860. The zero-order valence-electron chi connectivity index (χ0n) is 10.8. The average molecular weight is 293 g/mol. The van der Waals surface area contributed by atoms with Gasteiger partial charge in [0.05, 0.1) is 11.2 Å². The predicted octanol–water partition coefficient (Wildman–Crippen LogP) is 1.14. The Bertz CT molecular complexity index is 682. The van der Waals surface area contributed by atoms with Crippen molar-refractivity contribution in [3.05, 3.63) is 52.2 Å². The number of carbonyl (C=O) groups excluding carboxylic acids is 1. The molecular formula is C13H13ClN4O2. The number of anilines is 2. The summed E-state index contributed by atoms with van der Waals surface area (Å²) in [5.41, 5.74) is 6.37. The maximum atomic E-state index is 12.1. The van der Waals surface area contributed by atoms with Crippen molar-refractivity contribution >= 4 is 28.9 Å². The van der Waals surface area contributed by atoms with Gasteiger partial charge in [0.25, 0.3) is 0 Å². The molecule has 0 saturated carbocycles. The van der Waals surface area contributed by atoms with E-state index >= 15 is 0 Å². The van der Waals surface area contributed by atoms with Crippen LogP contribution in [0.25, 0.3) is 0 Å². The molecule has 0 aliphatic rings. The zero-order valence-corrected chi connectivity index (χ0v) is 11.5. The van der Waals surface area contributed by atoms with E-state index in [1.165, 1.54) is 21.9 Å². The molecule has 0 atom stereocenters. The molecule has 0 aliphatic heterocycles. The van der Waals surface area contributed by atoms with E-state index < -0.39 is 5.69 Å². The molecule has 0 saturated heterocycles. The molecule has 2 N–H and O–H groups in total. The van der Waals surface area contributed by atoms with Crippen molar-refractivity contribution in [1.82, 2.24) is 9.55 Å². The average Bonchev–Trinajstić information content (AvgIpc) is 2.43. The molecule has 0 unspecified atom stereocenters. The van der Waals surface area contributed by atoms with Crippen molar-refractivity contribution in [2.24, 2.45) is 0 Å². The molecule has 2 aromatic rings. The lowest BCUT2D eigenvalue weighted by molar-refractivity contribution is -0.118. The van der Waals surface area contributed by atoms with Gasteiger partial charge in [0.2, 0.25) is 5.91 Å². The fourth-order valence-corrected chi connectivity index (χ4v) is 1.80. The highest BCUT2D eigenvalue weighted by Gasteiger charge is 2.12. The fourth-order valence-electron chi connectivity index (χ4n) is 1.64. The van der Waals surface area contributed by atoms with E-state index in [-0.39, 0.29) is 12.5 Å². The van der Waals surface area contributed by atoms with Crippen LogP contribution in [0.1, 0.15) is 0 Å². The third-order valence-electron chi connectivity index (χ3n) is 2.78. The van der Waals surface area contributed by atoms with Crippen LogP contribution >= 0.6 is 11.6 Å². The summed E-state index contributed by atoms with van der Waals surface area (Å²) in [7, 11) is 1.62. The number of amides is 1. The van der Waals surface area contributed by atoms with E-state index in [1.807, 2.05) is 0 Å². The highest BCUT2D eigenvalue weighted by molar-refractivity contribution is 6.30. The number of nitrogens with two attached hydrogens (primary N) is 1. The van der Waals surface area contributed by atoms with Crippen molar-refractivity contribution in [3.8, 4) is 0 Å². The minimum Gasteiger partial charge on any atom is -0.399 e. The third-order valence-corrected chi connectivity index (χ3v) is 2.98. The molecule has 0 fully saturated rings. The number of carbonyl (C=O) groups is 1. The standard InChI is InChI=1S/C13H13ClN4O2/c1-17(11-4-2-10(15)3-5-11)12(19)8-18-7-9(14)6-16-13(18)20/h2-7H,8,15H2,1H3. The Balaban J connectivity index is 2.17. The molecule has 1 aromatic heterocycles. The summed E-state index contributed by atoms with van der Waals surface area (Å²) in [4.78, 5) is 28.6. The lowest BCUT2D eigenvalue weighted by Crippen LogP contribution is -2.34. The van der Waals surface area contributed by atoms with Gasteiger partial charge in [0.15, 0.2) is 0 Å². The number of benzene rings is 1. The van der Waals surface area contributed by atoms with Crippen LogP contribution in [0.5, 0.6) is 0 Å². The maximum absolute atomic E-state index is 12.1. The monoisotopic (exact) mass is 292 g/mol. The van der Waals surface area contributed by atoms with Crippen LogP contribution in [0.3, 0.4) is 0 Å². The molecule has 7 heteroatoms. The lowest BCUT2D eigenvalue weighted by Gasteiger charge is -2.18. The van der Waals surface area contributed by atoms with Gasteiger partial charge in [-0.15, -0.1) is 0 Å². The summed E-state index contributed by atoms with van der Waals surface area (Å²) < 4.78 is 1.17. The van der Waals surface area contributed by atoms with Gasteiger partial charge in [-0.1, -0.05) is 11.6 Å². The van der Waals surface area contributed by atoms with Crippen molar-refractivity contribution < 1.29 is 4.79 Å². The Kier molecular flexibility index (Phi) is 4.05. The second kappa shape index (κ2) is 5.75. The Labute approximate surface area is 120 Å². The molecule has 104 valence electrons. The molecule has 2 rings (SSSR count). The van der Waals surface area contributed by atoms with Gasteiger partial charge in [-0.2, -0.15) is 0 Å². The van der Waals surface area contributed by atoms with E-state index in [0.717, 1.165) is 0 Å². The first-order valence-corrected chi connectivity index (χ1v) is 6.19. The largest absolute Gasteiger partial charge is 0.399 e. The number of hydrogen-bond donors (Lipinski definition) is 1. The van der Waals surface area contributed by atoms with Gasteiger partial charge in [0.1, 0.15) is 6.54 Å². The highest BCUT2D eigenvalue weighted by Crippen LogP contribution is 2.15. The summed E-state index contributed by atoms with van der Waals surface area (Å²) in [6.07, 6.45) is 2.63. The Morgan fingerprint density at radius 2 is 2.05 bits per heavy atom. The molecule has 20 heavy (non-hydrogen) atoms. The summed E-state index contributed by atoms with van der Waals surface area (Å²) >= 11 is 5.75. The molecule has 0 spiro atoms.